The molecule has 78 valence electrons. The van der Waals surface area contributed by atoms with Gasteiger partial charge in [-0.1, -0.05) is 25.2 Å². The van der Waals surface area contributed by atoms with E-state index in [2.05, 4.69) is 15.5 Å². The number of aromatic nitrogens is 2. The number of carbonyl (C=O) groups excluding carboxylic acids is 1. The molecule has 1 amide bonds. The number of amides is 1. The monoisotopic (exact) mass is 214 g/mol. The van der Waals surface area contributed by atoms with Gasteiger partial charge in [-0.25, -0.2) is 0 Å². The molecule has 0 radical (unpaired) electrons. The summed E-state index contributed by atoms with van der Waals surface area (Å²) in [6.45, 7) is 4.21. The lowest BCUT2D eigenvalue weighted by Gasteiger charge is -2.21. The molecule has 0 unspecified atom stereocenters. The molecule has 0 fully saturated rings. The minimum atomic E-state index is -0.458. The Morgan fingerprint density at radius 3 is 2.93 bits per heavy atom. The second-order valence-corrected chi connectivity index (χ2v) is 4.45. The van der Waals surface area contributed by atoms with Crippen molar-refractivity contribution in [1.29, 1.82) is 0 Å². The van der Waals surface area contributed by atoms with E-state index in [9.17, 15) is 4.79 Å². The molecule has 0 saturated carbocycles. The number of nitrogens with zero attached hydrogens (tertiary/aromatic N) is 2. The van der Waals surface area contributed by atoms with Gasteiger partial charge in [-0.3, -0.25) is 4.79 Å². The molecule has 5 nitrogen and oxygen atoms in total. The lowest BCUT2D eigenvalue weighted by Crippen LogP contribution is -2.32. The first kappa shape index (κ1) is 11.1. The van der Waals surface area contributed by atoms with E-state index in [0.717, 1.165) is 0 Å². The summed E-state index contributed by atoms with van der Waals surface area (Å²) in [6, 6.07) is 0. The summed E-state index contributed by atoms with van der Waals surface area (Å²) < 4.78 is 0. The van der Waals surface area contributed by atoms with Gasteiger partial charge in [0.05, 0.1) is 0 Å². The Balaban J connectivity index is 2.57. The van der Waals surface area contributed by atoms with Crippen molar-refractivity contribution in [2.75, 3.05) is 11.9 Å². The minimum absolute atomic E-state index is 0.0697. The van der Waals surface area contributed by atoms with Crippen molar-refractivity contribution in [2.45, 2.75) is 20.3 Å². The summed E-state index contributed by atoms with van der Waals surface area (Å²) in [5, 5.41) is 10.6. The van der Waals surface area contributed by atoms with Gasteiger partial charge in [-0.2, -0.15) is 0 Å². The maximum absolute atomic E-state index is 11.7. The predicted octanol–water partition coefficient (Wildman–Crippen LogP) is 0.852. The van der Waals surface area contributed by atoms with Gasteiger partial charge in [0.25, 0.3) is 0 Å². The van der Waals surface area contributed by atoms with Crippen LogP contribution in [0.25, 0.3) is 0 Å². The van der Waals surface area contributed by atoms with Gasteiger partial charge in [0.1, 0.15) is 5.51 Å². The number of nitrogens with one attached hydrogen (secondary N) is 1. The van der Waals surface area contributed by atoms with Gasteiger partial charge in [0, 0.05) is 5.41 Å². The van der Waals surface area contributed by atoms with Crippen LogP contribution >= 0.6 is 11.3 Å². The van der Waals surface area contributed by atoms with E-state index in [1.807, 2.05) is 13.8 Å². The van der Waals surface area contributed by atoms with E-state index >= 15 is 0 Å². The SMILES string of the molecule is CC(C)(CCN)C(=O)Nc1nncs1. The molecular weight excluding hydrogens is 200 g/mol. The Morgan fingerprint density at radius 2 is 2.43 bits per heavy atom. The summed E-state index contributed by atoms with van der Waals surface area (Å²) in [7, 11) is 0. The highest BCUT2D eigenvalue weighted by Crippen LogP contribution is 2.22. The van der Waals surface area contributed by atoms with Crippen molar-refractivity contribution in [1.82, 2.24) is 10.2 Å². The minimum Gasteiger partial charge on any atom is -0.330 e. The second-order valence-electron chi connectivity index (χ2n) is 3.62. The third-order valence-electron chi connectivity index (χ3n) is 1.96. The van der Waals surface area contributed by atoms with Crippen LogP contribution in [0.4, 0.5) is 5.13 Å². The number of carbonyl (C=O) groups is 1. The van der Waals surface area contributed by atoms with Crippen molar-refractivity contribution in [3.05, 3.63) is 5.51 Å². The smallest absolute Gasteiger partial charge is 0.231 e. The zero-order valence-corrected chi connectivity index (χ0v) is 9.10. The van der Waals surface area contributed by atoms with Gasteiger partial charge >= 0.3 is 0 Å². The first-order chi connectivity index (χ1) is 6.56. The molecule has 1 rings (SSSR count). The van der Waals surface area contributed by atoms with E-state index in [1.165, 1.54) is 11.3 Å². The molecule has 0 spiro atoms. The van der Waals surface area contributed by atoms with E-state index in [1.54, 1.807) is 5.51 Å². The van der Waals surface area contributed by atoms with E-state index in [0.29, 0.717) is 18.1 Å². The number of hydrogen-bond donors (Lipinski definition) is 2. The Kier molecular flexibility index (Phi) is 3.54. The lowest BCUT2D eigenvalue weighted by molar-refractivity contribution is -0.124. The fraction of sp³-hybridized carbons (Fsp3) is 0.625. The van der Waals surface area contributed by atoms with Crippen molar-refractivity contribution < 1.29 is 4.79 Å². The van der Waals surface area contributed by atoms with Crippen LogP contribution in [0.5, 0.6) is 0 Å². The second kappa shape index (κ2) is 4.47. The maximum atomic E-state index is 11.7. The van der Waals surface area contributed by atoms with Crippen LogP contribution in [0.15, 0.2) is 5.51 Å². The summed E-state index contributed by atoms with van der Waals surface area (Å²) in [4.78, 5) is 11.7. The van der Waals surface area contributed by atoms with Gasteiger partial charge in [0.2, 0.25) is 11.0 Å². The van der Waals surface area contributed by atoms with Gasteiger partial charge in [0.15, 0.2) is 0 Å². The van der Waals surface area contributed by atoms with Crippen LogP contribution in [0.2, 0.25) is 0 Å². The van der Waals surface area contributed by atoms with Crippen LogP contribution < -0.4 is 11.1 Å². The lowest BCUT2D eigenvalue weighted by atomic mass is 9.88. The molecule has 0 aliphatic rings. The van der Waals surface area contributed by atoms with Crippen LogP contribution in [-0.2, 0) is 4.79 Å². The normalized spacial score (nSPS) is 11.4. The molecular formula is C8H14N4OS. The number of anilines is 1. The fourth-order valence-corrected chi connectivity index (χ4v) is 1.41. The largest absolute Gasteiger partial charge is 0.330 e. The zero-order chi connectivity index (χ0) is 10.6. The third-order valence-corrected chi connectivity index (χ3v) is 2.57. The van der Waals surface area contributed by atoms with Crippen molar-refractivity contribution >= 4 is 22.4 Å². The zero-order valence-electron chi connectivity index (χ0n) is 8.28. The summed E-state index contributed by atoms with van der Waals surface area (Å²) >= 11 is 1.30. The molecule has 3 N–H and O–H groups in total. The molecule has 1 aromatic rings. The Bertz CT molecular complexity index is 296. The van der Waals surface area contributed by atoms with E-state index < -0.39 is 5.41 Å². The van der Waals surface area contributed by atoms with Crippen molar-refractivity contribution in [3.8, 4) is 0 Å². The number of nitrogens with two attached hydrogens (primary N) is 1. The number of hydrogen-bond acceptors (Lipinski definition) is 5. The Hall–Kier alpha value is -1.01. The standard InChI is InChI=1S/C8H14N4OS/c1-8(2,3-4-9)6(13)11-7-12-10-5-14-7/h5H,3-4,9H2,1-2H3,(H,11,12,13). The molecule has 6 heteroatoms. The highest BCUT2D eigenvalue weighted by Gasteiger charge is 2.27. The van der Waals surface area contributed by atoms with Gasteiger partial charge in [-0.15, -0.1) is 10.2 Å². The molecule has 0 aliphatic heterocycles. The van der Waals surface area contributed by atoms with E-state index in [-0.39, 0.29) is 5.91 Å². The van der Waals surface area contributed by atoms with Gasteiger partial charge in [-0.05, 0) is 13.0 Å². The highest BCUT2D eigenvalue weighted by molar-refractivity contribution is 7.13. The Morgan fingerprint density at radius 1 is 1.71 bits per heavy atom. The summed E-state index contributed by atoms with van der Waals surface area (Å²) in [5.41, 5.74) is 6.54. The average Bonchev–Trinajstić information content (AvgIpc) is 2.56. The predicted molar refractivity (Wildman–Crippen MR) is 56.0 cm³/mol. The highest BCUT2D eigenvalue weighted by atomic mass is 32.1. The topological polar surface area (TPSA) is 80.9 Å². The fourth-order valence-electron chi connectivity index (χ4n) is 0.968. The van der Waals surface area contributed by atoms with Crippen molar-refractivity contribution in [2.24, 2.45) is 11.1 Å². The molecule has 14 heavy (non-hydrogen) atoms. The third kappa shape index (κ3) is 2.74. The summed E-state index contributed by atoms with van der Waals surface area (Å²) in [6.07, 6.45) is 0.650. The maximum Gasteiger partial charge on any atom is 0.231 e. The average molecular weight is 214 g/mol. The number of rotatable bonds is 4. The summed E-state index contributed by atoms with van der Waals surface area (Å²) in [5.74, 6) is -0.0697. The van der Waals surface area contributed by atoms with Crippen LogP contribution in [0.3, 0.4) is 0 Å². The van der Waals surface area contributed by atoms with Crippen LogP contribution in [0, 0.1) is 5.41 Å². The Labute approximate surface area is 86.7 Å². The molecule has 0 saturated heterocycles. The molecule has 0 aromatic carbocycles. The van der Waals surface area contributed by atoms with Crippen molar-refractivity contribution in [3.63, 3.8) is 0 Å². The molecule has 0 aliphatic carbocycles. The molecule has 0 bridgehead atoms. The van der Waals surface area contributed by atoms with Gasteiger partial charge < -0.3 is 11.1 Å². The first-order valence-electron chi connectivity index (χ1n) is 4.34. The van der Waals surface area contributed by atoms with Crippen LogP contribution in [0.1, 0.15) is 20.3 Å². The molecule has 0 atom stereocenters. The molecule has 1 heterocycles. The van der Waals surface area contributed by atoms with Crippen LogP contribution in [-0.4, -0.2) is 22.6 Å². The first-order valence-corrected chi connectivity index (χ1v) is 5.22. The molecule has 1 aromatic heterocycles. The van der Waals surface area contributed by atoms with E-state index in [4.69, 9.17) is 5.73 Å². The quantitative estimate of drug-likeness (QED) is 0.778.